The van der Waals surface area contributed by atoms with E-state index < -0.39 is 53.7 Å². The average Bonchev–Trinajstić information content (AvgIpc) is 3.19. The summed E-state index contributed by atoms with van der Waals surface area (Å²) in [6.07, 6.45) is -2.55. The Morgan fingerprint density at radius 1 is 0.743 bits per heavy atom. The Hall–Kier alpha value is -4.15. The lowest BCUT2D eigenvalue weighted by Crippen LogP contribution is -2.30. The van der Waals surface area contributed by atoms with Crippen molar-refractivity contribution in [1.29, 1.82) is 0 Å². The van der Waals surface area contributed by atoms with E-state index in [0.29, 0.717) is 0 Å². The van der Waals surface area contributed by atoms with Crippen molar-refractivity contribution in [3.63, 3.8) is 0 Å². The fourth-order valence-electron chi connectivity index (χ4n) is 3.72. The van der Waals surface area contributed by atoms with Gasteiger partial charge in [0.2, 0.25) is 34.8 Å². The highest BCUT2D eigenvalue weighted by molar-refractivity contribution is 5.79. The summed E-state index contributed by atoms with van der Waals surface area (Å²) in [4.78, 5) is 23.6. The van der Waals surface area contributed by atoms with Gasteiger partial charge in [0.1, 0.15) is 13.2 Å². The van der Waals surface area contributed by atoms with Crippen molar-refractivity contribution in [2.75, 3.05) is 19.8 Å². The van der Waals surface area contributed by atoms with Gasteiger partial charge in [-0.15, -0.1) is 0 Å². The van der Waals surface area contributed by atoms with Crippen LogP contribution in [0.2, 0.25) is 0 Å². The van der Waals surface area contributed by atoms with Gasteiger partial charge in [0.15, 0.2) is 0 Å². The molecular weight excluding hydrogens is 477 g/mol. The van der Waals surface area contributed by atoms with E-state index in [1.54, 1.807) is 0 Å². The van der Waals surface area contributed by atoms with Crippen LogP contribution in [0.1, 0.15) is 17.0 Å². The lowest BCUT2D eigenvalue weighted by Gasteiger charge is -2.14. The van der Waals surface area contributed by atoms with Crippen molar-refractivity contribution in [3.8, 4) is 16.9 Å². The van der Waals surface area contributed by atoms with Gasteiger partial charge in [-0.05, 0) is 22.3 Å². The van der Waals surface area contributed by atoms with Crippen molar-refractivity contribution >= 4 is 12.2 Å². The largest absolute Gasteiger partial charge is 0.514 e. The summed E-state index contributed by atoms with van der Waals surface area (Å²) in [5.41, 5.74) is 4.14. The minimum atomic E-state index is -2.40. The maximum absolute atomic E-state index is 13.5. The Kier molecular flexibility index (Phi) is 6.85. The first-order valence-corrected chi connectivity index (χ1v) is 10.2. The predicted octanol–water partition coefficient (Wildman–Crippen LogP) is 5.44. The molecule has 0 unspecified atom stereocenters. The molecule has 1 amide bonds. The second-order valence-corrected chi connectivity index (χ2v) is 7.35. The lowest BCUT2D eigenvalue weighted by molar-refractivity contribution is 0.0931. The first-order chi connectivity index (χ1) is 16.8. The Morgan fingerprint density at radius 2 is 1.26 bits per heavy atom. The summed E-state index contributed by atoms with van der Waals surface area (Å²) in [5.74, 6) is -13.6. The molecule has 0 heterocycles. The second kappa shape index (κ2) is 10.00. The van der Waals surface area contributed by atoms with E-state index in [9.17, 15) is 31.5 Å². The van der Waals surface area contributed by atoms with Crippen LogP contribution < -0.4 is 10.1 Å². The van der Waals surface area contributed by atoms with Crippen molar-refractivity contribution in [1.82, 2.24) is 5.32 Å². The molecule has 0 aliphatic heterocycles. The zero-order chi connectivity index (χ0) is 25.1. The number of halogens is 5. The van der Waals surface area contributed by atoms with Crippen LogP contribution in [0.4, 0.5) is 31.5 Å². The third-order valence-electron chi connectivity index (χ3n) is 5.29. The molecule has 0 atom stereocenters. The SMILES string of the molecule is O=C(NCCOC(=O)Oc1c(F)c(F)c(F)c(F)c1F)OCC1c2ccccc2-c2ccccc21. The van der Waals surface area contributed by atoms with Gasteiger partial charge in [-0.25, -0.2) is 22.8 Å². The van der Waals surface area contributed by atoms with Crippen LogP contribution in [-0.2, 0) is 9.47 Å². The number of amides is 1. The number of rotatable bonds is 6. The van der Waals surface area contributed by atoms with E-state index >= 15 is 0 Å². The summed E-state index contributed by atoms with van der Waals surface area (Å²) in [5, 5.41) is 2.31. The minimum Gasteiger partial charge on any atom is -0.449 e. The molecule has 0 aromatic heterocycles. The number of hydrogen-bond donors (Lipinski definition) is 1. The standard InChI is InChI=1S/C24H16F5NO5/c25-17-18(26)20(28)22(21(29)19(17)27)35-24(32)33-10-9-30-23(31)34-11-16-14-7-3-1-5-12(14)13-6-2-4-8-15(13)16/h1-8,16H,9-11H2,(H,30,31). The van der Waals surface area contributed by atoms with Gasteiger partial charge in [0, 0.05) is 5.92 Å². The number of carbonyl (C=O) groups excluding carboxylic acids is 2. The van der Waals surface area contributed by atoms with Crippen LogP contribution in [-0.4, -0.2) is 32.0 Å². The molecule has 6 nitrogen and oxygen atoms in total. The number of ether oxygens (including phenoxy) is 3. The topological polar surface area (TPSA) is 73.9 Å². The molecule has 35 heavy (non-hydrogen) atoms. The predicted molar refractivity (Wildman–Crippen MR) is 111 cm³/mol. The molecule has 4 rings (SSSR count). The molecule has 0 saturated heterocycles. The van der Waals surface area contributed by atoms with Gasteiger partial charge in [0.25, 0.3) is 0 Å². The Labute approximate surface area is 195 Å². The zero-order valence-electron chi connectivity index (χ0n) is 17.7. The summed E-state index contributed by atoms with van der Waals surface area (Å²) < 4.78 is 80.2. The number of benzene rings is 3. The number of alkyl carbamates (subject to hydrolysis) is 1. The van der Waals surface area contributed by atoms with E-state index in [1.165, 1.54) is 0 Å². The first kappa shape index (κ1) is 24.0. The Bertz CT molecular complexity index is 1220. The highest BCUT2D eigenvalue weighted by atomic mass is 19.2. The quantitative estimate of drug-likeness (QED) is 0.124. The number of fused-ring (bicyclic) bond motifs is 3. The van der Waals surface area contributed by atoms with E-state index in [4.69, 9.17) is 4.74 Å². The summed E-state index contributed by atoms with van der Waals surface area (Å²) in [6, 6.07) is 15.5. The number of nitrogens with one attached hydrogen (secondary N) is 1. The third-order valence-corrected chi connectivity index (χ3v) is 5.29. The summed E-state index contributed by atoms with van der Waals surface area (Å²) in [7, 11) is 0. The van der Waals surface area contributed by atoms with Crippen molar-refractivity contribution in [2.45, 2.75) is 5.92 Å². The third kappa shape index (κ3) is 4.75. The molecular formula is C24H16F5NO5. The average molecular weight is 493 g/mol. The smallest absolute Gasteiger partial charge is 0.449 e. The van der Waals surface area contributed by atoms with Gasteiger partial charge in [-0.1, -0.05) is 48.5 Å². The molecule has 182 valence electrons. The normalized spacial score (nSPS) is 12.0. The van der Waals surface area contributed by atoms with Crippen LogP contribution in [0, 0.1) is 29.1 Å². The molecule has 0 radical (unpaired) electrons. The van der Waals surface area contributed by atoms with Crippen molar-refractivity contribution in [2.24, 2.45) is 0 Å². The highest BCUT2D eigenvalue weighted by Gasteiger charge is 2.30. The van der Waals surface area contributed by atoms with Gasteiger partial charge in [-0.2, -0.15) is 8.78 Å². The van der Waals surface area contributed by atoms with Crippen molar-refractivity contribution in [3.05, 3.63) is 88.7 Å². The zero-order valence-corrected chi connectivity index (χ0v) is 17.7. The van der Waals surface area contributed by atoms with Gasteiger partial charge in [0.05, 0.1) is 6.54 Å². The highest BCUT2D eigenvalue weighted by Crippen LogP contribution is 2.44. The fourth-order valence-corrected chi connectivity index (χ4v) is 3.72. The number of hydrogen-bond acceptors (Lipinski definition) is 5. The molecule has 11 heteroatoms. The Morgan fingerprint density at radius 3 is 1.83 bits per heavy atom. The molecule has 0 spiro atoms. The summed E-state index contributed by atoms with van der Waals surface area (Å²) in [6.45, 7) is -0.760. The molecule has 3 aromatic rings. The summed E-state index contributed by atoms with van der Waals surface area (Å²) >= 11 is 0. The van der Waals surface area contributed by atoms with Gasteiger partial charge < -0.3 is 19.5 Å². The van der Waals surface area contributed by atoms with Crippen LogP contribution in [0.15, 0.2) is 48.5 Å². The van der Waals surface area contributed by atoms with Crippen LogP contribution in [0.5, 0.6) is 5.75 Å². The lowest BCUT2D eigenvalue weighted by atomic mass is 9.98. The van der Waals surface area contributed by atoms with Crippen LogP contribution in [0.25, 0.3) is 11.1 Å². The van der Waals surface area contributed by atoms with Gasteiger partial charge >= 0.3 is 12.2 Å². The molecule has 0 fully saturated rings. The van der Waals surface area contributed by atoms with E-state index in [2.05, 4.69) is 14.8 Å². The second-order valence-electron chi connectivity index (χ2n) is 7.35. The van der Waals surface area contributed by atoms with Crippen molar-refractivity contribution < 1.29 is 45.8 Å². The van der Waals surface area contributed by atoms with Gasteiger partial charge in [-0.3, -0.25) is 0 Å². The van der Waals surface area contributed by atoms with E-state index in [-0.39, 0.29) is 19.1 Å². The first-order valence-electron chi connectivity index (χ1n) is 10.2. The van der Waals surface area contributed by atoms with E-state index in [1.807, 2.05) is 48.5 Å². The molecule has 1 aliphatic carbocycles. The minimum absolute atomic E-state index is 0.0447. The fraction of sp³-hybridized carbons (Fsp3) is 0.167. The molecule has 3 aromatic carbocycles. The van der Waals surface area contributed by atoms with E-state index in [0.717, 1.165) is 22.3 Å². The molecule has 1 N–H and O–H groups in total. The maximum Gasteiger partial charge on any atom is 0.514 e. The van der Waals surface area contributed by atoms with Crippen LogP contribution >= 0.6 is 0 Å². The molecule has 1 aliphatic rings. The Balaban J connectivity index is 1.25. The molecule has 0 saturated carbocycles. The monoisotopic (exact) mass is 493 g/mol. The maximum atomic E-state index is 13.5. The number of carbonyl (C=O) groups is 2. The molecule has 0 bridgehead atoms. The van der Waals surface area contributed by atoms with Crippen LogP contribution in [0.3, 0.4) is 0 Å².